The molecule has 0 bridgehead atoms. The summed E-state index contributed by atoms with van der Waals surface area (Å²) < 4.78 is 27.9. The molecule has 1 aliphatic carbocycles. The molecule has 14 nitrogen and oxygen atoms in total. The summed E-state index contributed by atoms with van der Waals surface area (Å²) in [5.41, 5.74) is -0.0279. The van der Waals surface area contributed by atoms with E-state index in [1.54, 1.807) is 6.92 Å². The maximum atomic E-state index is 14.4. The lowest BCUT2D eigenvalue weighted by molar-refractivity contribution is -0.121. The van der Waals surface area contributed by atoms with Crippen LogP contribution in [0.1, 0.15) is 53.9 Å². The van der Waals surface area contributed by atoms with Crippen LogP contribution >= 0.6 is 11.6 Å². The van der Waals surface area contributed by atoms with Crippen LogP contribution < -0.4 is 29.2 Å². The largest absolute Gasteiger partial charge is 0.507 e. The van der Waals surface area contributed by atoms with Gasteiger partial charge in [0.1, 0.15) is 22.1 Å². The van der Waals surface area contributed by atoms with Crippen molar-refractivity contribution in [3.63, 3.8) is 0 Å². The van der Waals surface area contributed by atoms with Gasteiger partial charge in [-0.15, -0.1) is 0 Å². The standard InChI is InChI=1S/C39H41ClN4O10/c1-20-16-26(46)32(36(48)39(20)37(49)33-28(51-5)19-29(52-6)34(40)35(33)53-39)24(22-11-14-25(45)27(17-22)50-4)18-30(47)41-15-7-8-31-42-38(43-54-31)21-9-12-23(13-10-21)44(2)3/h9-14,17,19-20,24,45,48H,7-8,15-16,18H2,1-6H3,(H,41,47)/t20-,24?,39+/m1/s1. The van der Waals surface area contributed by atoms with Crippen molar-refractivity contribution in [1.29, 1.82) is 0 Å². The number of phenolic OH excluding ortho intramolecular Hbond substituents is 1. The number of ether oxygens (including phenoxy) is 4. The first-order chi connectivity index (χ1) is 25.8. The minimum Gasteiger partial charge on any atom is -0.507 e. The fourth-order valence-electron chi connectivity index (χ4n) is 6.94. The van der Waals surface area contributed by atoms with Gasteiger partial charge in [-0.25, -0.2) is 0 Å². The number of halogens is 1. The van der Waals surface area contributed by atoms with Gasteiger partial charge in [0.25, 0.3) is 0 Å². The van der Waals surface area contributed by atoms with Crippen LogP contribution in [0.2, 0.25) is 5.02 Å². The van der Waals surface area contributed by atoms with Gasteiger partial charge in [0.2, 0.25) is 29.0 Å². The molecule has 3 atom stereocenters. The molecule has 2 heterocycles. The van der Waals surface area contributed by atoms with Crippen LogP contribution in [0.5, 0.6) is 28.7 Å². The van der Waals surface area contributed by atoms with Gasteiger partial charge in [-0.3, -0.25) is 14.4 Å². The van der Waals surface area contributed by atoms with Crippen molar-refractivity contribution < 1.29 is 48.1 Å². The van der Waals surface area contributed by atoms with Crippen molar-refractivity contribution in [3.05, 3.63) is 81.9 Å². The van der Waals surface area contributed by atoms with E-state index < -0.39 is 40.7 Å². The molecule has 1 amide bonds. The van der Waals surface area contributed by atoms with E-state index in [2.05, 4.69) is 15.5 Å². The average molecular weight is 761 g/mol. The first-order valence-corrected chi connectivity index (χ1v) is 17.6. The Hall–Kier alpha value is -5.76. The summed E-state index contributed by atoms with van der Waals surface area (Å²) in [5, 5.41) is 29.4. The number of nitrogens with zero attached hydrogens (tertiary/aromatic N) is 3. The van der Waals surface area contributed by atoms with Crippen LogP contribution in [0.4, 0.5) is 5.69 Å². The van der Waals surface area contributed by atoms with E-state index in [4.69, 9.17) is 35.1 Å². The number of allylic oxidation sites excluding steroid dienone is 1. The molecule has 4 aromatic rings. The molecule has 15 heteroatoms. The number of fused-ring (bicyclic) bond motifs is 1. The monoisotopic (exact) mass is 760 g/mol. The zero-order chi connectivity index (χ0) is 38.9. The van der Waals surface area contributed by atoms with Crippen LogP contribution in [0.25, 0.3) is 11.4 Å². The molecule has 0 saturated carbocycles. The first-order valence-electron chi connectivity index (χ1n) is 17.2. The second-order valence-electron chi connectivity index (χ2n) is 13.4. The van der Waals surface area contributed by atoms with Gasteiger partial charge in [-0.2, -0.15) is 4.98 Å². The lowest BCUT2D eigenvalue weighted by Crippen LogP contribution is -2.53. The fraction of sp³-hybridized carbons (Fsp3) is 0.359. The zero-order valence-corrected chi connectivity index (χ0v) is 31.4. The summed E-state index contributed by atoms with van der Waals surface area (Å²) in [5.74, 6) is -3.14. The molecule has 0 radical (unpaired) electrons. The Morgan fingerprint density at radius 3 is 2.41 bits per heavy atom. The quantitative estimate of drug-likeness (QED) is 0.138. The molecule has 54 heavy (non-hydrogen) atoms. The Kier molecular flexibility index (Phi) is 10.8. The van der Waals surface area contributed by atoms with Gasteiger partial charge in [0, 0.05) is 74.6 Å². The lowest BCUT2D eigenvalue weighted by Gasteiger charge is -2.38. The van der Waals surface area contributed by atoms with Crippen LogP contribution in [0.15, 0.2) is 64.4 Å². The maximum Gasteiger partial charge on any atom is 0.231 e. The number of benzene rings is 3. The van der Waals surface area contributed by atoms with Crippen molar-refractivity contribution in [2.45, 2.75) is 44.1 Å². The van der Waals surface area contributed by atoms with Crippen LogP contribution in [0.3, 0.4) is 0 Å². The van der Waals surface area contributed by atoms with Gasteiger partial charge in [-0.1, -0.05) is 29.7 Å². The van der Waals surface area contributed by atoms with Crippen LogP contribution in [-0.2, 0) is 16.0 Å². The lowest BCUT2D eigenvalue weighted by atomic mass is 9.69. The number of anilines is 1. The minimum absolute atomic E-state index is 0.00778. The Labute approximate surface area is 316 Å². The average Bonchev–Trinajstić information content (AvgIpc) is 3.76. The Bertz CT molecular complexity index is 2130. The van der Waals surface area contributed by atoms with Gasteiger partial charge in [0.15, 0.2) is 28.8 Å². The molecule has 284 valence electrons. The van der Waals surface area contributed by atoms with Gasteiger partial charge in [-0.05, 0) is 48.4 Å². The summed E-state index contributed by atoms with van der Waals surface area (Å²) in [6.07, 6.45) is 0.347. The van der Waals surface area contributed by atoms with Crippen molar-refractivity contribution in [3.8, 4) is 40.1 Å². The van der Waals surface area contributed by atoms with E-state index in [1.807, 2.05) is 43.3 Å². The van der Waals surface area contributed by atoms with E-state index in [1.165, 1.54) is 45.6 Å². The molecule has 1 aliphatic heterocycles. The maximum absolute atomic E-state index is 14.4. The topological polar surface area (TPSA) is 183 Å². The molecule has 0 saturated heterocycles. The van der Waals surface area contributed by atoms with Gasteiger partial charge >= 0.3 is 0 Å². The summed E-state index contributed by atoms with van der Waals surface area (Å²) in [7, 11) is 8.03. The number of aromatic nitrogens is 2. The SMILES string of the molecule is COc1cc(C(CC(=O)NCCCc2nc(-c3ccc(N(C)C)cc3)no2)C2=C(O)[C@@]3(Oc4c(Cl)c(OC)cc(OC)c4C3=O)[C@H](C)CC2=O)ccc1O. The number of hydrogen-bond donors (Lipinski definition) is 3. The Balaban J connectivity index is 1.26. The van der Waals surface area contributed by atoms with Crippen LogP contribution in [0, 0.1) is 5.92 Å². The molecule has 1 unspecified atom stereocenters. The second kappa shape index (κ2) is 15.3. The number of hydrogen-bond acceptors (Lipinski definition) is 13. The number of aryl methyl sites for hydroxylation is 1. The normalized spacial score (nSPS) is 18.3. The van der Waals surface area contributed by atoms with E-state index in [0.717, 1.165) is 11.3 Å². The minimum atomic E-state index is -2.05. The molecule has 1 spiro atoms. The van der Waals surface area contributed by atoms with E-state index in [9.17, 15) is 24.6 Å². The van der Waals surface area contributed by atoms with Crippen molar-refractivity contribution >= 4 is 34.8 Å². The molecule has 6 rings (SSSR count). The number of amides is 1. The first kappa shape index (κ1) is 38.0. The molecular weight excluding hydrogens is 720 g/mol. The van der Waals surface area contributed by atoms with Gasteiger partial charge in [0.05, 0.1) is 21.3 Å². The highest BCUT2D eigenvalue weighted by atomic mass is 35.5. The number of carbonyl (C=O) groups excluding carboxylic acids is 3. The molecular formula is C39H41ClN4O10. The zero-order valence-electron chi connectivity index (χ0n) is 30.7. The summed E-state index contributed by atoms with van der Waals surface area (Å²) in [6.45, 7) is 1.85. The summed E-state index contributed by atoms with van der Waals surface area (Å²) in [4.78, 5) is 48.3. The summed E-state index contributed by atoms with van der Waals surface area (Å²) in [6, 6.07) is 13.5. The smallest absolute Gasteiger partial charge is 0.231 e. The highest BCUT2D eigenvalue weighted by Crippen LogP contribution is 2.56. The van der Waals surface area contributed by atoms with Crippen molar-refractivity contribution in [2.24, 2.45) is 5.92 Å². The van der Waals surface area contributed by atoms with Crippen molar-refractivity contribution in [2.75, 3.05) is 46.9 Å². The van der Waals surface area contributed by atoms with E-state index in [-0.39, 0.29) is 64.3 Å². The number of ketones is 2. The Morgan fingerprint density at radius 1 is 1.04 bits per heavy atom. The third-order valence-electron chi connectivity index (χ3n) is 9.86. The Morgan fingerprint density at radius 2 is 1.74 bits per heavy atom. The predicted molar refractivity (Wildman–Crippen MR) is 198 cm³/mol. The molecule has 1 aromatic heterocycles. The van der Waals surface area contributed by atoms with E-state index in [0.29, 0.717) is 30.1 Å². The van der Waals surface area contributed by atoms with Crippen molar-refractivity contribution in [1.82, 2.24) is 15.5 Å². The molecule has 3 N–H and O–H groups in total. The number of Topliss-reactive ketones (excluding diaryl/α,β-unsaturated/α-hetero) is 2. The molecule has 0 fully saturated rings. The second-order valence-corrected chi connectivity index (χ2v) is 13.7. The number of aliphatic hydroxyl groups is 1. The third-order valence-corrected chi connectivity index (χ3v) is 10.2. The highest BCUT2D eigenvalue weighted by Gasteiger charge is 2.61. The molecule has 3 aromatic carbocycles. The number of carbonyl (C=O) groups is 3. The molecule has 2 aliphatic rings. The van der Waals surface area contributed by atoms with E-state index >= 15 is 0 Å². The number of aromatic hydroxyl groups is 1. The number of rotatable bonds is 13. The number of methoxy groups -OCH3 is 3. The summed E-state index contributed by atoms with van der Waals surface area (Å²) >= 11 is 6.60. The third kappa shape index (κ3) is 6.77. The number of aliphatic hydroxyl groups excluding tert-OH is 1. The number of nitrogens with one attached hydrogen (secondary N) is 1. The predicted octanol–water partition coefficient (Wildman–Crippen LogP) is 5.85. The fourth-order valence-corrected chi connectivity index (χ4v) is 7.21. The number of phenols is 1. The van der Waals surface area contributed by atoms with Crippen LogP contribution in [-0.4, -0.2) is 85.4 Å². The van der Waals surface area contributed by atoms with Gasteiger partial charge < -0.3 is 43.9 Å². The highest BCUT2D eigenvalue weighted by molar-refractivity contribution is 6.35.